The number of ketones is 2. The zero-order chi connectivity index (χ0) is 11.0. The molecule has 0 atom stereocenters. The summed E-state index contributed by atoms with van der Waals surface area (Å²) in [5.74, 6) is -0.125. The van der Waals surface area contributed by atoms with Crippen LogP contribution in [-0.4, -0.2) is 11.6 Å². The van der Waals surface area contributed by atoms with Crippen LogP contribution in [0.2, 0.25) is 0 Å². The molecule has 0 aromatic rings. The van der Waals surface area contributed by atoms with Crippen LogP contribution < -0.4 is 0 Å². The van der Waals surface area contributed by atoms with Gasteiger partial charge in [-0.2, -0.15) is 0 Å². The minimum atomic E-state index is -0.0625. The van der Waals surface area contributed by atoms with Gasteiger partial charge in [0.1, 0.15) is 11.6 Å². The summed E-state index contributed by atoms with van der Waals surface area (Å²) in [6.07, 6.45) is 0.0833. The zero-order valence-electron chi connectivity index (χ0n) is 8.94. The summed E-state index contributed by atoms with van der Waals surface area (Å²) in [5, 5.41) is 0. The molecule has 0 aromatic heterocycles. The molecule has 0 N–H and O–H groups in total. The summed E-state index contributed by atoms with van der Waals surface area (Å²) >= 11 is 0. The van der Waals surface area contributed by atoms with Gasteiger partial charge in [-0.3, -0.25) is 9.59 Å². The van der Waals surface area contributed by atoms with E-state index in [1.165, 1.54) is 13.8 Å². The van der Waals surface area contributed by atoms with Gasteiger partial charge in [-0.25, -0.2) is 0 Å². The Morgan fingerprint density at radius 3 is 1.08 bits per heavy atom. The Morgan fingerprint density at radius 2 is 1.08 bits per heavy atom. The second-order valence-electron chi connectivity index (χ2n) is 3.14. The van der Waals surface area contributed by atoms with Crippen molar-refractivity contribution in [3.05, 3.63) is 24.3 Å². The summed E-state index contributed by atoms with van der Waals surface area (Å²) in [6, 6.07) is 0. The van der Waals surface area contributed by atoms with E-state index in [0.717, 1.165) is 11.1 Å². The van der Waals surface area contributed by atoms with Crippen LogP contribution >= 0.6 is 0 Å². The molecular weight excluding hydrogens is 164 g/mol. The van der Waals surface area contributed by atoms with Crippen molar-refractivity contribution in [3.63, 3.8) is 0 Å². The third-order valence-electron chi connectivity index (χ3n) is 1.23. The molecular formula is C11H18O2. The number of rotatable bonds is 3. The number of Topliss-reactive ketones (excluding diaryl/α,β-unsaturated/α-hetero) is 2. The highest BCUT2D eigenvalue weighted by atomic mass is 16.1. The number of hydrogen-bond acceptors (Lipinski definition) is 2. The van der Waals surface area contributed by atoms with Gasteiger partial charge in [0.05, 0.1) is 6.42 Å². The van der Waals surface area contributed by atoms with Gasteiger partial charge in [0, 0.05) is 0 Å². The largest absolute Gasteiger partial charge is 0.300 e. The van der Waals surface area contributed by atoms with Crippen molar-refractivity contribution in [2.45, 2.75) is 34.1 Å². The van der Waals surface area contributed by atoms with Gasteiger partial charge < -0.3 is 0 Å². The quantitative estimate of drug-likeness (QED) is 0.496. The van der Waals surface area contributed by atoms with Crippen LogP contribution in [0.5, 0.6) is 0 Å². The monoisotopic (exact) mass is 182 g/mol. The van der Waals surface area contributed by atoms with E-state index in [-0.39, 0.29) is 18.0 Å². The Hall–Kier alpha value is -1.18. The summed E-state index contributed by atoms with van der Waals surface area (Å²) in [6.45, 7) is 14.0. The van der Waals surface area contributed by atoms with E-state index >= 15 is 0 Å². The molecule has 0 aliphatic heterocycles. The second-order valence-corrected chi connectivity index (χ2v) is 3.14. The van der Waals surface area contributed by atoms with Crippen molar-refractivity contribution in [1.29, 1.82) is 0 Å². The maximum Gasteiger partial charge on any atom is 0.137 e. The molecule has 0 heterocycles. The van der Waals surface area contributed by atoms with Gasteiger partial charge in [0.2, 0.25) is 0 Å². The van der Waals surface area contributed by atoms with Crippen LogP contribution in [0, 0.1) is 0 Å². The molecule has 0 spiro atoms. The van der Waals surface area contributed by atoms with Gasteiger partial charge in [-0.1, -0.05) is 24.3 Å². The molecule has 0 amide bonds. The van der Waals surface area contributed by atoms with Gasteiger partial charge in [-0.15, -0.1) is 0 Å². The highest BCUT2D eigenvalue weighted by Crippen LogP contribution is 1.98. The molecule has 0 rings (SSSR count). The summed E-state index contributed by atoms with van der Waals surface area (Å²) < 4.78 is 0. The van der Waals surface area contributed by atoms with Crippen LogP contribution in [-0.2, 0) is 9.59 Å². The molecule has 0 aromatic carbocycles. The molecule has 0 unspecified atom stereocenters. The van der Waals surface area contributed by atoms with E-state index in [9.17, 15) is 9.59 Å². The molecule has 2 nitrogen and oxygen atoms in total. The van der Waals surface area contributed by atoms with Crippen LogP contribution in [0.25, 0.3) is 0 Å². The molecule has 0 aliphatic carbocycles. The summed E-state index contributed by atoms with van der Waals surface area (Å²) in [4.78, 5) is 20.1. The SMILES string of the molecule is C=C(C)C(=C)C.CC(=O)CC(C)=O. The van der Waals surface area contributed by atoms with Gasteiger partial charge in [0.25, 0.3) is 0 Å². The molecule has 2 heteroatoms. The summed E-state index contributed by atoms with van der Waals surface area (Å²) in [5.41, 5.74) is 2.13. The smallest absolute Gasteiger partial charge is 0.137 e. The van der Waals surface area contributed by atoms with Crippen LogP contribution in [0.3, 0.4) is 0 Å². The lowest BCUT2D eigenvalue weighted by Crippen LogP contribution is -1.97. The predicted octanol–water partition coefficient (Wildman–Crippen LogP) is 2.69. The van der Waals surface area contributed by atoms with Crippen molar-refractivity contribution in [2.24, 2.45) is 0 Å². The summed E-state index contributed by atoms with van der Waals surface area (Å²) in [7, 11) is 0. The van der Waals surface area contributed by atoms with Crippen LogP contribution in [0.4, 0.5) is 0 Å². The van der Waals surface area contributed by atoms with Crippen LogP contribution in [0.1, 0.15) is 34.1 Å². The Bertz CT molecular complexity index is 200. The van der Waals surface area contributed by atoms with E-state index in [1.54, 1.807) is 0 Å². The second kappa shape index (κ2) is 7.47. The Morgan fingerprint density at radius 1 is 0.846 bits per heavy atom. The van der Waals surface area contributed by atoms with Crippen molar-refractivity contribution >= 4 is 11.6 Å². The maximum absolute atomic E-state index is 10.0. The average molecular weight is 182 g/mol. The highest BCUT2D eigenvalue weighted by Gasteiger charge is 1.94. The molecule has 0 aliphatic rings. The Labute approximate surface area is 80.3 Å². The highest BCUT2D eigenvalue weighted by molar-refractivity contribution is 5.96. The van der Waals surface area contributed by atoms with Crippen molar-refractivity contribution in [3.8, 4) is 0 Å². The van der Waals surface area contributed by atoms with Gasteiger partial charge >= 0.3 is 0 Å². The minimum Gasteiger partial charge on any atom is -0.300 e. The van der Waals surface area contributed by atoms with Crippen molar-refractivity contribution in [2.75, 3.05) is 0 Å². The lowest BCUT2D eigenvalue weighted by atomic mass is 10.2. The molecule has 0 saturated carbocycles. The van der Waals surface area contributed by atoms with E-state index in [2.05, 4.69) is 13.2 Å². The normalized spacial score (nSPS) is 8.00. The maximum atomic E-state index is 10.0. The molecule has 0 saturated heterocycles. The minimum absolute atomic E-state index is 0.0625. The lowest BCUT2D eigenvalue weighted by Gasteiger charge is -1.88. The zero-order valence-corrected chi connectivity index (χ0v) is 8.94. The molecule has 0 fully saturated rings. The van der Waals surface area contributed by atoms with Crippen LogP contribution in [0.15, 0.2) is 24.3 Å². The number of carbonyl (C=O) groups excluding carboxylic acids is 2. The third-order valence-corrected chi connectivity index (χ3v) is 1.23. The first-order chi connectivity index (χ1) is 5.77. The lowest BCUT2D eigenvalue weighted by molar-refractivity contribution is -0.124. The average Bonchev–Trinajstić information content (AvgIpc) is 1.84. The van der Waals surface area contributed by atoms with E-state index in [1.807, 2.05) is 13.8 Å². The first kappa shape index (κ1) is 14.3. The molecule has 0 radical (unpaired) electrons. The fourth-order valence-electron chi connectivity index (χ4n) is 0.351. The van der Waals surface area contributed by atoms with E-state index in [0.29, 0.717) is 0 Å². The predicted molar refractivity (Wildman–Crippen MR) is 55.6 cm³/mol. The standard InChI is InChI=1S/C6H10.C5H8O2/c1-5(2)6(3)4;1-4(6)3-5(2)7/h1,3H2,2,4H3;3H2,1-2H3. The van der Waals surface area contributed by atoms with E-state index in [4.69, 9.17) is 0 Å². The van der Waals surface area contributed by atoms with Crippen molar-refractivity contribution in [1.82, 2.24) is 0 Å². The molecule has 13 heavy (non-hydrogen) atoms. The Kier molecular flexibility index (Phi) is 8.24. The Balaban J connectivity index is 0. The van der Waals surface area contributed by atoms with Gasteiger partial charge in [0.15, 0.2) is 0 Å². The van der Waals surface area contributed by atoms with E-state index < -0.39 is 0 Å². The first-order valence-electron chi connectivity index (χ1n) is 4.07. The number of allylic oxidation sites excluding steroid dienone is 2. The molecule has 0 bridgehead atoms. The van der Waals surface area contributed by atoms with Crippen molar-refractivity contribution < 1.29 is 9.59 Å². The number of carbonyl (C=O) groups is 2. The molecule has 74 valence electrons. The third kappa shape index (κ3) is 18.1. The fourth-order valence-corrected chi connectivity index (χ4v) is 0.351. The topological polar surface area (TPSA) is 34.1 Å². The number of hydrogen-bond donors (Lipinski definition) is 0. The first-order valence-corrected chi connectivity index (χ1v) is 4.07. The van der Waals surface area contributed by atoms with Gasteiger partial charge in [-0.05, 0) is 27.7 Å². The fraction of sp³-hybridized carbons (Fsp3) is 0.455.